The lowest BCUT2D eigenvalue weighted by Gasteiger charge is -2.38. The number of hydrogen-bond acceptors (Lipinski definition) is 1. The van der Waals surface area contributed by atoms with Gasteiger partial charge in [-0.1, -0.05) is 19.1 Å². The Kier molecular flexibility index (Phi) is 2.91. The molecule has 2 fully saturated rings. The van der Waals surface area contributed by atoms with Gasteiger partial charge in [-0.05, 0) is 67.3 Å². The molecule has 1 saturated carbocycles. The fourth-order valence-corrected chi connectivity index (χ4v) is 3.83. The van der Waals surface area contributed by atoms with Gasteiger partial charge >= 0.3 is 0 Å². The van der Waals surface area contributed by atoms with E-state index in [1.165, 1.54) is 24.9 Å². The first-order valence-electron chi connectivity index (χ1n) is 6.72. The summed E-state index contributed by atoms with van der Waals surface area (Å²) in [5.41, 5.74) is 1.33. The van der Waals surface area contributed by atoms with Crippen LogP contribution in [0.3, 0.4) is 0 Å². The quantitative estimate of drug-likeness (QED) is 0.785. The Morgan fingerprint density at radius 1 is 1.12 bits per heavy atom. The van der Waals surface area contributed by atoms with Crippen molar-refractivity contribution in [1.82, 2.24) is 5.32 Å². The smallest absolute Gasteiger partial charge is 0.123 e. The minimum atomic E-state index is -0.127. The summed E-state index contributed by atoms with van der Waals surface area (Å²) in [6, 6.07) is 7.18. The van der Waals surface area contributed by atoms with Crippen molar-refractivity contribution in [3.63, 3.8) is 0 Å². The van der Waals surface area contributed by atoms with E-state index < -0.39 is 0 Å². The predicted molar refractivity (Wildman–Crippen MR) is 67.4 cm³/mol. The number of fused-ring (bicyclic) bond motifs is 1. The number of nitrogens with one attached hydrogen (secondary N) is 1. The van der Waals surface area contributed by atoms with Crippen molar-refractivity contribution in [1.29, 1.82) is 0 Å². The Hall–Kier alpha value is -0.890. The molecule has 4 atom stereocenters. The first-order chi connectivity index (χ1) is 8.25. The van der Waals surface area contributed by atoms with Crippen molar-refractivity contribution < 1.29 is 4.39 Å². The molecule has 1 aromatic carbocycles. The number of benzene rings is 1. The highest BCUT2D eigenvalue weighted by Crippen LogP contribution is 2.46. The number of rotatable bonds is 1. The van der Waals surface area contributed by atoms with Crippen LogP contribution in [-0.2, 0) is 0 Å². The summed E-state index contributed by atoms with van der Waals surface area (Å²) in [6.07, 6.45) is 2.67. The molecule has 1 aliphatic carbocycles. The topological polar surface area (TPSA) is 12.0 Å². The fraction of sp³-hybridized carbons (Fsp3) is 0.600. The largest absolute Gasteiger partial charge is 0.316 e. The SMILES string of the molecule is CC1CCC2CNCC2C1c1ccc(F)cc1. The molecular weight excluding hydrogens is 213 g/mol. The Morgan fingerprint density at radius 3 is 2.65 bits per heavy atom. The average Bonchev–Trinajstić information content (AvgIpc) is 2.79. The average molecular weight is 233 g/mol. The first kappa shape index (κ1) is 11.2. The van der Waals surface area contributed by atoms with Crippen LogP contribution in [0.5, 0.6) is 0 Å². The highest BCUT2D eigenvalue weighted by Gasteiger charge is 2.40. The van der Waals surface area contributed by atoms with Gasteiger partial charge in [-0.25, -0.2) is 4.39 Å². The molecular formula is C15H20FN. The Bertz CT molecular complexity index is 386. The molecule has 1 N–H and O–H groups in total. The fourth-order valence-electron chi connectivity index (χ4n) is 3.83. The van der Waals surface area contributed by atoms with Crippen LogP contribution in [0, 0.1) is 23.6 Å². The van der Waals surface area contributed by atoms with E-state index in [1.54, 1.807) is 12.1 Å². The van der Waals surface area contributed by atoms with Crippen LogP contribution in [-0.4, -0.2) is 13.1 Å². The molecule has 4 unspecified atom stereocenters. The molecule has 0 amide bonds. The second kappa shape index (κ2) is 4.41. The maximum absolute atomic E-state index is 13.0. The lowest BCUT2D eigenvalue weighted by atomic mass is 9.66. The van der Waals surface area contributed by atoms with E-state index in [-0.39, 0.29) is 5.82 Å². The Morgan fingerprint density at radius 2 is 1.88 bits per heavy atom. The maximum Gasteiger partial charge on any atom is 0.123 e. The molecule has 92 valence electrons. The van der Waals surface area contributed by atoms with Gasteiger partial charge in [0, 0.05) is 0 Å². The molecule has 2 heteroatoms. The summed E-state index contributed by atoms with van der Waals surface area (Å²) < 4.78 is 13.0. The van der Waals surface area contributed by atoms with E-state index in [1.807, 2.05) is 12.1 Å². The van der Waals surface area contributed by atoms with Gasteiger partial charge in [0.1, 0.15) is 5.82 Å². The third kappa shape index (κ3) is 1.99. The molecule has 17 heavy (non-hydrogen) atoms. The molecule has 1 heterocycles. The van der Waals surface area contributed by atoms with Gasteiger partial charge in [-0.2, -0.15) is 0 Å². The molecule has 0 radical (unpaired) electrons. The molecule has 0 bridgehead atoms. The van der Waals surface area contributed by atoms with Crippen molar-refractivity contribution in [2.45, 2.75) is 25.7 Å². The summed E-state index contributed by atoms with van der Waals surface area (Å²) >= 11 is 0. The summed E-state index contributed by atoms with van der Waals surface area (Å²) in [6.45, 7) is 4.66. The molecule has 0 spiro atoms. The molecule has 1 nitrogen and oxygen atoms in total. The summed E-state index contributed by atoms with van der Waals surface area (Å²) in [7, 11) is 0. The highest BCUT2D eigenvalue weighted by molar-refractivity contribution is 5.23. The van der Waals surface area contributed by atoms with Crippen molar-refractivity contribution in [3.05, 3.63) is 35.6 Å². The second-order valence-electron chi connectivity index (χ2n) is 5.71. The van der Waals surface area contributed by atoms with Gasteiger partial charge in [-0.3, -0.25) is 0 Å². The maximum atomic E-state index is 13.0. The zero-order chi connectivity index (χ0) is 11.8. The van der Waals surface area contributed by atoms with E-state index in [0.29, 0.717) is 5.92 Å². The lowest BCUT2D eigenvalue weighted by Crippen LogP contribution is -2.31. The van der Waals surface area contributed by atoms with Crippen LogP contribution in [0.2, 0.25) is 0 Å². The minimum absolute atomic E-state index is 0.127. The van der Waals surface area contributed by atoms with Crippen molar-refractivity contribution in [2.75, 3.05) is 13.1 Å². The highest BCUT2D eigenvalue weighted by atomic mass is 19.1. The van der Waals surface area contributed by atoms with E-state index >= 15 is 0 Å². The van der Waals surface area contributed by atoms with Crippen molar-refractivity contribution in [3.8, 4) is 0 Å². The van der Waals surface area contributed by atoms with Gasteiger partial charge in [0.2, 0.25) is 0 Å². The van der Waals surface area contributed by atoms with Gasteiger partial charge < -0.3 is 5.32 Å². The summed E-state index contributed by atoms with van der Waals surface area (Å²) in [4.78, 5) is 0. The Balaban J connectivity index is 1.90. The third-order valence-corrected chi connectivity index (χ3v) is 4.71. The Labute approximate surface area is 102 Å². The van der Waals surface area contributed by atoms with Crippen LogP contribution in [0.25, 0.3) is 0 Å². The summed E-state index contributed by atoms with van der Waals surface area (Å²) in [5, 5.41) is 3.52. The number of hydrogen-bond donors (Lipinski definition) is 1. The number of halogens is 1. The third-order valence-electron chi connectivity index (χ3n) is 4.71. The van der Waals surface area contributed by atoms with Crippen LogP contribution < -0.4 is 5.32 Å². The minimum Gasteiger partial charge on any atom is -0.316 e. The van der Waals surface area contributed by atoms with Gasteiger partial charge in [0.05, 0.1) is 0 Å². The van der Waals surface area contributed by atoms with E-state index in [4.69, 9.17) is 0 Å². The van der Waals surface area contributed by atoms with Crippen molar-refractivity contribution >= 4 is 0 Å². The normalized spacial score (nSPS) is 36.8. The van der Waals surface area contributed by atoms with E-state index in [2.05, 4.69) is 12.2 Å². The molecule has 0 aromatic heterocycles. The molecule has 1 saturated heterocycles. The van der Waals surface area contributed by atoms with Crippen LogP contribution in [0.15, 0.2) is 24.3 Å². The molecule has 3 rings (SSSR count). The first-order valence-corrected chi connectivity index (χ1v) is 6.72. The van der Waals surface area contributed by atoms with Crippen LogP contribution in [0.1, 0.15) is 31.2 Å². The van der Waals surface area contributed by atoms with Crippen molar-refractivity contribution in [2.24, 2.45) is 17.8 Å². The van der Waals surface area contributed by atoms with Gasteiger partial charge in [0.15, 0.2) is 0 Å². The van der Waals surface area contributed by atoms with Crippen LogP contribution in [0.4, 0.5) is 4.39 Å². The summed E-state index contributed by atoms with van der Waals surface area (Å²) in [5.74, 6) is 2.80. The standard InChI is InChI=1S/C15H20FN/c1-10-2-3-12-8-17-9-14(12)15(10)11-4-6-13(16)7-5-11/h4-7,10,12,14-15,17H,2-3,8-9H2,1H3. The zero-order valence-corrected chi connectivity index (χ0v) is 10.3. The monoisotopic (exact) mass is 233 g/mol. The zero-order valence-electron chi connectivity index (χ0n) is 10.3. The van der Waals surface area contributed by atoms with Crippen LogP contribution >= 0.6 is 0 Å². The molecule has 1 aromatic rings. The van der Waals surface area contributed by atoms with Gasteiger partial charge in [0.25, 0.3) is 0 Å². The van der Waals surface area contributed by atoms with E-state index in [0.717, 1.165) is 24.3 Å². The lowest BCUT2D eigenvalue weighted by molar-refractivity contribution is 0.195. The van der Waals surface area contributed by atoms with E-state index in [9.17, 15) is 4.39 Å². The second-order valence-corrected chi connectivity index (χ2v) is 5.71. The van der Waals surface area contributed by atoms with Gasteiger partial charge in [-0.15, -0.1) is 0 Å². The molecule has 2 aliphatic rings. The predicted octanol–water partition coefficient (Wildman–Crippen LogP) is 3.17. The molecule has 1 aliphatic heterocycles.